The van der Waals surface area contributed by atoms with Crippen LogP contribution in [0.5, 0.6) is 0 Å². The first-order chi connectivity index (χ1) is 6.42. The molecule has 0 bridgehead atoms. The van der Waals surface area contributed by atoms with E-state index in [4.69, 9.17) is 9.84 Å². The molecule has 0 aromatic carbocycles. The maximum atomic E-state index is 11.3. The van der Waals surface area contributed by atoms with Crippen LogP contribution in [0.1, 0.15) is 33.6 Å². The Morgan fingerprint density at radius 3 is 2.71 bits per heavy atom. The van der Waals surface area contributed by atoms with E-state index in [9.17, 15) is 4.79 Å². The molecule has 0 aliphatic heterocycles. The summed E-state index contributed by atoms with van der Waals surface area (Å²) in [5.41, 5.74) is -0.439. The highest BCUT2D eigenvalue weighted by molar-refractivity contribution is 5.68. The molecule has 1 aliphatic rings. The number of hydrogen-bond acceptors (Lipinski definition) is 3. The third kappa shape index (κ3) is 3.96. The lowest BCUT2D eigenvalue weighted by Crippen LogP contribution is -2.34. The Kier molecular flexibility index (Phi) is 3.37. The Balaban J connectivity index is 2.17. The molecule has 1 unspecified atom stereocenters. The van der Waals surface area contributed by atoms with Crippen molar-refractivity contribution in [3.05, 3.63) is 0 Å². The van der Waals surface area contributed by atoms with Gasteiger partial charge in [0.05, 0.1) is 0 Å². The molecule has 2 atom stereocenters. The van der Waals surface area contributed by atoms with Crippen molar-refractivity contribution in [3.8, 4) is 0 Å². The third-order valence-electron chi connectivity index (χ3n) is 2.12. The average molecular weight is 201 g/mol. The lowest BCUT2D eigenvalue weighted by atomic mass is 10.2. The number of nitrogens with one attached hydrogen (secondary N) is 1. The molecule has 2 N–H and O–H groups in total. The molecule has 0 heterocycles. The van der Waals surface area contributed by atoms with Crippen LogP contribution >= 0.6 is 0 Å². The number of ether oxygens (including phenoxy) is 1. The van der Waals surface area contributed by atoms with E-state index in [2.05, 4.69) is 5.32 Å². The van der Waals surface area contributed by atoms with Gasteiger partial charge in [0.15, 0.2) is 0 Å². The fourth-order valence-corrected chi connectivity index (χ4v) is 1.37. The van der Waals surface area contributed by atoms with Gasteiger partial charge in [-0.05, 0) is 39.5 Å². The van der Waals surface area contributed by atoms with Gasteiger partial charge in [0.2, 0.25) is 0 Å². The molecule has 0 radical (unpaired) electrons. The van der Waals surface area contributed by atoms with Gasteiger partial charge in [-0.15, -0.1) is 0 Å². The minimum absolute atomic E-state index is 0.192. The Morgan fingerprint density at radius 1 is 1.57 bits per heavy atom. The van der Waals surface area contributed by atoms with E-state index in [0.717, 1.165) is 12.8 Å². The zero-order valence-electron chi connectivity index (χ0n) is 9.04. The number of rotatable bonds is 3. The molecule has 1 aliphatic carbocycles. The SMILES string of the molecule is CC(C)(C)OC(=O)NC1C[C@H]1CCO. The van der Waals surface area contributed by atoms with Gasteiger partial charge in [-0.2, -0.15) is 0 Å². The average Bonchev–Trinajstić information content (AvgIpc) is 2.63. The fraction of sp³-hybridized carbons (Fsp3) is 0.900. The molecule has 1 amide bonds. The van der Waals surface area contributed by atoms with E-state index in [1.807, 2.05) is 20.8 Å². The summed E-state index contributed by atoms with van der Waals surface area (Å²) >= 11 is 0. The molecule has 1 saturated carbocycles. The van der Waals surface area contributed by atoms with E-state index in [-0.39, 0.29) is 18.7 Å². The normalized spacial score (nSPS) is 25.7. The van der Waals surface area contributed by atoms with Crippen LogP contribution in [-0.2, 0) is 4.74 Å². The summed E-state index contributed by atoms with van der Waals surface area (Å²) in [4.78, 5) is 11.3. The molecular formula is C10H19NO3. The van der Waals surface area contributed by atoms with Crippen LogP contribution in [0.3, 0.4) is 0 Å². The van der Waals surface area contributed by atoms with Gasteiger partial charge in [-0.3, -0.25) is 0 Å². The highest BCUT2D eigenvalue weighted by Crippen LogP contribution is 2.33. The summed E-state index contributed by atoms with van der Waals surface area (Å²) < 4.78 is 5.10. The molecular weight excluding hydrogens is 182 g/mol. The second-order valence-electron chi connectivity index (χ2n) is 4.76. The summed E-state index contributed by atoms with van der Waals surface area (Å²) in [5, 5.41) is 11.4. The predicted octanol–water partition coefficient (Wildman–Crippen LogP) is 1.28. The van der Waals surface area contributed by atoms with Crippen LogP contribution in [-0.4, -0.2) is 29.4 Å². The molecule has 4 nitrogen and oxygen atoms in total. The smallest absolute Gasteiger partial charge is 0.407 e. The van der Waals surface area contributed by atoms with Crippen LogP contribution in [0.15, 0.2) is 0 Å². The molecule has 0 aromatic heterocycles. The highest BCUT2D eigenvalue weighted by atomic mass is 16.6. The number of amides is 1. The summed E-state index contributed by atoms with van der Waals surface area (Å²) in [5.74, 6) is 0.438. The Morgan fingerprint density at radius 2 is 2.21 bits per heavy atom. The first-order valence-corrected chi connectivity index (χ1v) is 5.03. The number of carbonyl (C=O) groups is 1. The molecule has 0 aromatic rings. The predicted molar refractivity (Wildman–Crippen MR) is 53.0 cm³/mol. The first-order valence-electron chi connectivity index (χ1n) is 5.03. The van der Waals surface area contributed by atoms with E-state index in [1.54, 1.807) is 0 Å². The molecule has 0 spiro atoms. The van der Waals surface area contributed by atoms with Gasteiger partial charge in [-0.1, -0.05) is 0 Å². The van der Waals surface area contributed by atoms with Crippen LogP contribution in [0.2, 0.25) is 0 Å². The third-order valence-corrected chi connectivity index (χ3v) is 2.12. The van der Waals surface area contributed by atoms with Crippen molar-refractivity contribution in [3.63, 3.8) is 0 Å². The number of hydrogen-bond donors (Lipinski definition) is 2. The maximum Gasteiger partial charge on any atom is 0.407 e. The minimum Gasteiger partial charge on any atom is -0.444 e. The van der Waals surface area contributed by atoms with Crippen LogP contribution in [0, 0.1) is 5.92 Å². The number of alkyl carbamates (subject to hydrolysis) is 1. The highest BCUT2D eigenvalue weighted by Gasteiger charge is 2.38. The van der Waals surface area contributed by atoms with Crippen molar-refractivity contribution in [2.45, 2.75) is 45.3 Å². The van der Waals surface area contributed by atoms with E-state index in [0.29, 0.717) is 5.92 Å². The van der Waals surface area contributed by atoms with Crippen molar-refractivity contribution in [2.24, 2.45) is 5.92 Å². The van der Waals surface area contributed by atoms with Gasteiger partial charge in [0, 0.05) is 12.6 Å². The monoisotopic (exact) mass is 201 g/mol. The molecule has 4 heteroatoms. The van der Waals surface area contributed by atoms with Crippen LogP contribution in [0.4, 0.5) is 4.79 Å². The largest absolute Gasteiger partial charge is 0.444 e. The van der Waals surface area contributed by atoms with Crippen LogP contribution in [0.25, 0.3) is 0 Å². The lowest BCUT2D eigenvalue weighted by Gasteiger charge is -2.19. The second kappa shape index (κ2) is 4.17. The van der Waals surface area contributed by atoms with Crippen molar-refractivity contribution in [1.82, 2.24) is 5.32 Å². The number of aliphatic hydroxyl groups excluding tert-OH is 1. The second-order valence-corrected chi connectivity index (χ2v) is 4.76. The Bertz CT molecular complexity index is 210. The zero-order chi connectivity index (χ0) is 10.8. The van der Waals surface area contributed by atoms with E-state index >= 15 is 0 Å². The number of aliphatic hydroxyl groups is 1. The van der Waals surface area contributed by atoms with Gasteiger partial charge in [0.1, 0.15) is 5.60 Å². The van der Waals surface area contributed by atoms with Gasteiger partial charge < -0.3 is 15.2 Å². The molecule has 82 valence electrons. The zero-order valence-corrected chi connectivity index (χ0v) is 9.04. The van der Waals surface area contributed by atoms with Crippen molar-refractivity contribution >= 4 is 6.09 Å². The topological polar surface area (TPSA) is 58.6 Å². The van der Waals surface area contributed by atoms with Crippen molar-refractivity contribution < 1.29 is 14.6 Å². The quantitative estimate of drug-likeness (QED) is 0.723. The van der Waals surface area contributed by atoms with Gasteiger partial charge >= 0.3 is 6.09 Å². The summed E-state index contributed by atoms with van der Waals surface area (Å²) in [6.45, 7) is 5.71. The molecule has 1 fully saturated rings. The van der Waals surface area contributed by atoms with Crippen molar-refractivity contribution in [1.29, 1.82) is 0 Å². The van der Waals surface area contributed by atoms with Crippen molar-refractivity contribution in [2.75, 3.05) is 6.61 Å². The fourth-order valence-electron chi connectivity index (χ4n) is 1.37. The minimum atomic E-state index is -0.439. The first kappa shape index (κ1) is 11.3. The molecule has 14 heavy (non-hydrogen) atoms. The van der Waals surface area contributed by atoms with Gasteiger partial charge in [-0.25, -0.2) is 4.79 Å². The van der Waals surface area contributed by atoms with E-state index in [1.165, 1.54) is 0 Å². The maximum absolute atomic E-state index is 11.3. The summed E-state index contributed by atoms with van der Waals surface area (Å²) in [6.07, 6.45) is 1.36. The Labute approximate surface area is 84.6 Å². The molecule has 1 rings (SSSR count). The number of carbonyl (C=O) groups excluding carboxylic acids is 1. The lowest BCUT2D eigenvalue weighted by molar-refractivity contribution is 0.0520. The standard InChI is InChI=1S/C10H19NO3/c1-10(2,3)14-9(13)11-8-6-7(8)4-5-12/h7-8,12H,4-6H2,1-3H3,(H,11,13)/t7-,8?/m1/s1. The van der Waals surface area contributed by atoms with Crippen LogP contribution < -0.4 is 5.32 Å². The van der Waals surface area contributed by atoms with E-state index < -0.39 is 5.60 Å². The Hall–Kier alpha value is -0.770. The summed E-state index contributed by atoms with van der Waals surface area (Å²) in [7, 11) is 0. The van der Waals surface area contributed by atoms with Gasteiger partial charge in [0.25, 0.3) is 0 Å². The molecule has 0 saturated heterocycles. The summed E-state index contributed by atoms with van der Waals surface area (Å²) in [6, 6.07) is 0.206.